The van der Waals surface area contributed by atoms with Crippen LogP contribution in [0.25, 0.3) is 0 Å². The lowest BCUT2D eigenvalue weighted by Gasteiger charge is -2.29. The Morgan fingerprint density at radius 2 is 1.86 bits per heavy atom. The molecule has 0 N–H and O–H groups in total. The summed E-state index contributed by atoms with van der Waals surface area (Å²) in [5.74, 6) is 1.27. The van der Waals surface area contributed by atoms with Gasteiger partial charge in [0.1, 0.15) is 5.75 Å². The summed E-state index contributed by atoms with van der Waals surface area (Å²) in [6.45, 7) is 3.79. The molecule has 2 rings (SSSR count). The molecule has 0 aliphatic carbocycles. The molecular formula is C17H25FO3. The van der Waals surface area contributed by atoms with E-state index in [0.717, 1.165) is 24.5 Å². The lowest BCUT2D eigenvalue weighted by Crippen LogP contribution is -2.27. The zero-order valence-electron chi connectivity index (χ0n) is 12.7. The largest absolute Gasteiger partial charge is 0.494 e. The third kappa shape index (κ3) is 5.29. The summed E-state index contributed by atoms with van der Waals surface area (Å²) in [4.78, 5) is 0. The van der Waals surface area contributed by atoms with Crippen molar-refractivity contribution >= 4 is 0 Å². The van der Waals surface area contributed by atoms with Crippen molar-refractivity contribution in [2.24, 2.45) is 5.92 Å². The molecule has 0 atom stereocenters. The van der Waals surface area contributed by atoms with Crippen molar-refractivity contribution < 1.29 is 18.6 Å². The summed E-state index contributed by atoms with van der Waals surface area (Å²) in [5.41, 5.74) is 1.00. The van der Waals surface area contributed by atoms with Gasteiger partial charge >= 0.3 is 0 Å². The Labute approximate surface area is 126 Å². The Balaban J connectivity index is 1.78. The van der Waals surface area contributed by atoms with Gasteiger partial charge in [-0.1, -0.05) is 31.9 Å². The fraction of sp³-hybridized carbons (Fsp3) is 0.647. The first-order valence-corrected chi connectivity index (χ1v) is 7.85. The molecule has 0 spiro atoms. The summed E-state index contributed by atoms with van der Waals surface area (Å²) in [6.07, 6.45) is 3.76. The van der Waals surface area contributed by atoms with Crippen LogP contribution >= 0.6 is 0 Å². The van der Waals surface area contributed by atoms with E-state index in [2.05, 4.69) is 6.92 Å². The van der Waals surface area contributed by atoms with Crippen LogP contribution in [0.1, 0.15) is 44.5 Å². The summed E-state index contributed by atoms with van der Waals surface area (Å²) < 4.78 is 29.0. The lowest BCUT2D eigenvalue weighted by atomic mass is 10.0. The fourth-order valence-corrected chi connectivity index (χ4v) is 2.36. The number of hydrogen-bond donors (Lipinski definition) is 0. The van der Waals surface area contributed by atoms with Crippen LogP contribution in [0, 0.1) is 5.92 Å². The molecule has 118 valence electrons. The second-order valence-corrected chi connectivity index (χ2v) is 5.47. The van der Waals surface area contributed by atoms with Gasteiger partial charge in [0.2, 0.25) is 0 Å². The van der Waals surface area contributed by atoms with Gasteiger partial charge in [0.25, 0.3) is 0 Å². The average Bonchev–Trinajstić information content (AvgIpc) is 2.54. The van der Waals surface area contributed by atoms with E-state index in [1.165, 1.54) is 19.3 Å². The van der Waals surface area contributed by atoms with E-state index in [4.69, 9.17) is 14.2 Å². The minimum atomic E-state index is -0.346. The highest BCUT2D eigenvalue weighted by atomic mass is 19.1. The number of halogens is 1. The Hall–Kier alpha value is -1.13. The molecule has 1 aromatic rings. The van der Waals surface area contributed by atoms with Crippen molar-refractivity contribution in [2.75, 3.05) is 26.5 Å². The van der Waals surface area contributed by atoms with E-state index in [1.807, 2.05) is 24.3 Å². The maximum atomic E-state index is 12.0. The first-order chi connectivity index (χ1) is 10.3. The van der Waals surface area contributed by atoms with Crippen molar-refractivity contribution in [3.05, 3.63) is 29.8 Å². The second-order valence-electron chi connectivity index (χ2n) is 5.47. The van der Waals surface area contributed by atoms with Crippen LogP contribution in [-0.4, -0.2) is 26.5 Å². The first-order valence-electron chi connectivity index (χ1n) is 7.85. The molecule has 0 aromatic heterocycles. The Morgan fingerprint density at radius 1 is 1.14 bits per heavy atom. The van der Waals surface area contributed by atoms with Crippen molar-refractivity contribution in [1.82, 2.24) is 0 Å². The van der Waals surface area contributed by atoms with E-state index in [0.29, 0.717) is 18.9 Å². The highest BCUT2D eigenvalue weighted by Crippen LogP contribution is 2.28. The normalized spacial score (nSPS) is 22.2. The van der Waals surface area contributed by atoms with E-state index in [-0.39, 0.29) is 13.0 Å². The molecule has 3 nitrogen and oxygen atoms in total. The molecule has 0 unspecified atom stereocenters. The average molecular weight is 296 g/mol. The van der Waals surface area contributed by atoms with Crippen LogP contribution in [-0.2, 0) is 9.47 Å². The molecular weight excluding hydrogens is 271 g/mol. The van der Waals surface area contributed by atoms with Crippen LogP contribution in [0.4, 0.5) is 4.39 Å². The molecule has 1 heterocycles. The number of benzene rings is 1. The summed E-state index contributed by atoms with van der Waals surface area (Å²) in [7, 11) is 0. The Bertz CT molecular complexity index is 386. The van der Waals surface area contributed by atoms with Crippen LogP contribution in [0.2, 0.25) is 0 Å². The summed E-state index contributed by atoms with van der Waals surface area (Å²) in [6, 6.07) is 7.65. The van der Waals surface area contributed by atoms with Crippen molar-refractivity contribution in [3.8, 4) is 5.75 Å². The van der Waals surface area contributed by atoms with Crippen molar-refractivity contribution in [3.63, 3.8) is 0 Å². The predicted octanol–water partition coefficient (Wildman–Crippen LogP) is 4.28. The van der Waals surface area contributed by atoms with Crippen LogP contribution in [0.5, 0.6) is 5.75 Å². The smallest absolute Gasteiger partial charge is 0.183 e. The molecule has 0 saturated carbocycles. The van der Waals surface area contributed by atoms with E-state index >= 15 is 0 Å². The Kier molecular flexibility index (Phi) is 6.96. The number of ether oxygens (including phenoxy) is 3. The highest BCUT2D eigenvalue weighted by molar-refractivity contribution is 5.28. The SMILES string of the molecule is CCCCC1COC(c2ccc(OCCCF)cc2)OC1. The molecule has 4 heteroatoms. The van der Waals surface area contributed by atoms with E-state index in [9.17, 15) is 4.39 Å². The number of unbranched alkanes of at least 4 members (excludes halogenated alkanes) is 1. The van der Waals surface area contributed by atoms with Gasteiger partial charge in [-0.2, -0.15) is 0 Å². The molecule has 1 saturated heterocycles. The lowest BCUT2D eigenvalue weighted by molar-refractivity contribution is -0.206. The van der Waals surface area contributed by atoms with Gasteiger partial charge in [0, 0.05) is 17.9 Å². The summed E-state index contributed by atoms with van der Waals surface area (Å²) >= 11 is 0. The maximum Gasteiger partial charge on any atom is 0.183 e. The fourth-order valence-electron chi connectivity index (χ4n) is 2.36. The zero-order valence-corrected chi connectivity index (χ0v) is 12.7. The minimum Gasteiger partial charge on any atom is -0.494 e. The monoisotopic (exact) mass is 296 g/mol. The Morgan fingerprint density at radius 3 is 2.48 bits per heavy atom. The molecule has 0 amide bonds. The zero-order chi connectivity index (χ0) is 14.9. The number of rotatable bonds is 8. The standard InChI is InChI=1S/C17H25FO3/c1-2-3-5-14-12-20-17(21-13-14)15-6-8-16(9-7-15)19-11-4-10-18/h6-9,14,17H,2-5,10-13H2,1H3. The van der Waals surface area contributed by atoms with Gasteiger partial charge in [-0.15, -0.1) is 0 Å². The topological polar surface area (TPSA) is 27.7 Å². The van der Waals surface area contributed by atoms with E-state index < -0.39 is 0 Å². The molecule has 0 bridgehead atoms. The third-order valence-electron chi connectivity index (χ3n) is 3.63. The van der Waals surface area contributed by atoms with Crippen molar-refractivity contribution in [2.45, 2.75) is 38.9 Å². The molecule has 0 radical (unpaired) electrons. The molecule has 1 aromatic carbocycles. The number of alkyl halides is 1. The van der Waals surface area contributed by atoms with Crippen LogP contribution in [0.15, 0.2) is 24.3 Å². The van der Waals surface area contributed by atoms with Crippen LogP contribution in [0.3, 0.4) is 0 Å². The maximum absolute atomic E-state index is 12.0. The summed E-state index contributed by atoms with van der Waals surface area (Å²) in [5, 5.41) is 0. The van der Waals surface area contributed by atoms with Gasteiger partial charge < -0.3 is 14.2 Å². The highest BCUT2D eigenvalue weighted by Gasteiger charge is 2.23. The first kappa shape index (κ1) is 16.2. The number of hydrogen-bond acceptors (Lipinski definition) is 3. The molecule has 1 fully saturated rings. The van der Waals surface area contributed by atoms with Crippen LogP contribution < -0.4 is 4.74 Å². The van der Waals surface area contributed by atoms with Gasteiger partial charge in [0.15, 0.2) is 6.29 Å². The molecule has 1 aliphatic rings. The van der Waals surface area contributed by atoms with Gasteiger partial charge in [-0.25, -0.2) is 0 Å². The third-order valence-corrected chi connectivity index (χ3v) is 3.63. The van der Waals surface area contributed by atoms with Gasteiger partial charge in [-0.05, 0) is 18.6 Å². The molecule has 1 aliphatic heterocycles. The van der Waals surface area contributed by atoms with E-state index in [1.54, 1.807) is 0 Å². The predicted molar refractivity (Wildman–Crippen MR) is 80.2 cm³/mol. The van der Waals surface area contributed by atoms with Gasteiger partial charge in [0.05, 0.1) is 26.5 Å². The second kappa shape index (κ2) is 9.00. The van der Waals surface area contributed by atoms with Gasteiger partial charge in [-0.3, -0.25) is 4.39 Å². The molecule has 21 heavy (non-hydrogen) atoms. The van der Waals surface area contributed by atoms with Crippen molar-refractivity contribution in [1.29, 1.82) is 0 Å². The minimum absolute atomic E-state index is 0.275. The quantitative estimate of drug-likeness (QED) is 0.670.